The fourth-order valence-corrected chi connectivity index (χ4v) is 3.25. The van der Waals surface area contributed by atoms with Crippen LogP contribution < -0.4 is 21.7 Å². The first kappa shape index (κ1) is 18.2. The molecular weight excluding hydrogens is 378 g/mol. The van der Waals surface area contributed by atoms with Crippen molar-refractivity contribution in [2.45, 2.75) is 5.92 Å². The van der Waals surface area contributed by atoms with E-state index in [9.17, 15) is 25.0 Å². The van der Waals surface area contributed by atoms with Crippen LogP contribution in [0.25, 0.3) is 0 Å². The van der Waals surface area contributed by atoms with E-state index in [1.54, 1.807) is 0 Å². The van der Waals surface area contributed by atoms with Gasteiger partial charge in [-0.2, -0.15) is 5.26 Å². The second-order valence-corrected chi connectivity index (χ2v) is 6.22. The predicted octanol–water partition coefficient (Wildman–Crippen LogP) is 0.864. The first-order chi connectivity index (χ1) is 12.7. The minimum atomic E-state index is -1.04. The Morgan fingerprint density at radius 3 is 2.56 bits per heavy atom. The number of hydrogen-bond acceptors (Lipinski definition) is 7. The number of nitro groups is 1. The third kappa shape index (κ3) is 2.65. The van der Waals surface area contributed by atoms with Gasteiger partial charge in [0, 0.05) is 26.2 Å². The van der Waals surface area contributed by atoms with Crippen LogP contribution in [0.4, 0.5) is 5.69 Å². The van der Waals surface area contributed by atoms with Gasteiger partial charge in [-0.05, 0) is 11.6 Å². The van der Waals surface area contributed by atoms with Gasteiger partial charge in [-0.25, -0.2) is 4.79 Å². The number of hydrogen-bond donors (Lipinski definition) is 1. The van der Waals surface area contributed by atoms with Gasteiger partial charge in [-0.1, -0.05) is 11.6 Å². The van der Waals surface area contributed by atoms with E-state index in [0.29, 0.717) is 0 Å². The number of benzene rings is 1. The van der Waals surface area contributed by atoms with Crippen LogP contribution in [0.5, 0.6) is 5.88 Å². The first-order valence-corrected chi connectivity index (χ1v) is 7.88. The molecule has 11 heteroatoms. The molecule has 138 valence electrons. The Labute approximate surface area is 156 Å². The highest BCUT2D eigenvalue weighted by atomic mass is 35.5. The van der Waals surface area contributed by atoms with Crippen LogP contribution in [-0.4, -0.2) is 14.1 Å². The summed E-state index contributed by atoms with van der Waals surface area (Å²) in [7, 11) is 2.67. The number of nitrogens with two attached hydrogens (primary N) is 1. The maximum absolute atomic E-state index is 12.8. The molecule has 0 spiro atoms. The smallest absolute Gasteiger partial charge is 0.333 e. The highest BCUT2D eigenvalue weighted by molar-refractivity contribution is 6.31. The Balaban J connectivity index is 2.40. The normalized spacial score (nSPS) is 15.7. The minimum absolute atomic E-state index is 0.0129. The zero-order chi connectivity index (χ0) is 20.0. The van der Waals surface area contributed by atoms with E-state index >= 15 is 0 Å². The summed E-state index contributed by atoms with van der Waals surface area (Å²) in [6, 6.07) is 5.55. The third-order valence-corrected chi connectivity index (χ3v) is 4.65. The second-order valence-electron chi connectivity index (χ2n) is 5.81. The minimum Gasteiger partial charge on any atom is -0.423 e. The number of aromatic nitrogens is 2. The zero-order valence-electron chi connectivity index (χ0n) is 14.1. The molecule has 0 unspecified atom stereocenters. The molecular formula is C16H12ClN5O5. The fourth-order valence-electron chi connectivity index (χ4n) is 2.96. The van der Waals surface area contributed by atoms with Gasteiger partial charge in [0.2, 0.25) is 11.8 Å². The van der Waals surface area contributed by atoms with Crippen molar-refractivity contribution in [1.29, 1.82) is 5.26 Å². The molecule has 1 aliphatic rings. The molecule has 1 aromatic heterocycles. The van der Waals surface area contributed by atoms with Gasteiger partial charge in [0.05, 0.1) is 21.4 Å². The monoisotopic (exact) mass is 389 g/mol. The standard InChI is InChI=1S/C16H12ClN5O5/c1-20-14(23)12-11(8-4-3-7(22(25)26)5-10(8)17)9(6-18)13(19)27-15(12)21(2)16(20)24/h3-5,11H,19H2,1-2H3/t11-/m1/s1. The summed E-state index contributed by atoms with van der Waals surface area (Å²) in [6.45, 7) is 0. The van der Waals surface area contributed by atoms with Crippen LogP contribution in [0.1, 0.15) is 17.0 Å². The highest BCUT2D eigenvalue weighted by Crippen LogP contribution is 2.42. The van der Waals surface area contributed by atoms with Crippen molar-refractivity contribution in [1.82, 2.24) is 9.13 Å². The lowest BCUT2D eigenvalue weighted by Crippen LogP contribution is -2.42. The first-order valence-electron chi connectivity index (χ1n) is 7.50. The molecule has 2 heterocycles. The topological polar surface area (TPSA) is 146 Å². The Morgan fingerprint density at radius 1 is 1.33 bits per heavy atom. The largest absolute Gasteiger partial charge is 0.423 e. The summed E-state index contributed by atoms with van der Waals surface area (Å²) < 4.78 is 7.32. The van der Waals surface area contributed by atoms with Crippen LogP contribution in [0, 0.1) is 21.4 Å². The molecule has 0 fully saturated rings. The number of fused-ring (bicyclic) bond motifs is 1. The third-order valence-electron chi connectivity index (χ3n) is 4.32. The van der Waals surface area contributed by atoms with Gasteiger partial charge in [0.25, 0.3) is 11.2 Å². The SMILES string of the molecule is Cn1c2c(c(=O)n(C)c1=O)[C@H](c1ccc([N+](=O)[O-])cc1Cl)C(C#N)=C(N)O2. The lowest BCUT2D eigenvalue weighted by Gasteiger charge is -2.27. The fraction of sp³-hybridized carbons (Fsp3) is 0.188. The van der Waals surface area contributed by atoms with Gasteiger partial charge in [0.15, 0.2) is 0 Å². The summed E-state index contributed by atoms with van der Waals surface area (Å²) in [4.78, 5) is 35.3. The molecule has 1 atom stereocenters. The Hall–Kier alpha value is -3.58. The van der Waals surface area contributed by atoms with Crippen molar-refractivity contribution in [3.8, 4) is 11.9 Å². The number of allylic oxidation sites excluding steroid dienone is 1. The van der Waals surface area contributed by atoms with Gasteiger partial charge >= 0.3 is 5.69 Å². The molecule has 2 N–H and O–H groups in total. The van der Waals surface area contributed by atoms with Crippen molar-refractivity contribution in [2.24, 2.45) is 19.8 Å². The Morgan fingerprint density at radius 2 is 2.00 bits per heavy atom. The van der Waals surface area contributed by atoms with Gasteiger partial charge < -0.3 is 10.5 Å². The molecule has 10 nitrogen and oxygen atoms in total. The van der Waals surface area contributed by atoms with E-state index in [1.807, 2.05) is 6.07 Å². The van der Waals surface area contributed by atoms with Gasteiger partial charge in [0.1, 0.15) is 11.6 Å². The molecule has 2 aromatic rings. The van der Waals surface area contributed by atoms with Crippen LogP contribution >= 0.6 is 11.6 Å². The van der Waals surface area contributed by atoms with Crippen molar-refractivity contribution < 1.29 is 9.66 Å². The molecule has 0 saturated carbocycles. The number of nitrogens with zero attached hydrogens (tertiary/aromatic N) is 4. The number of non-ortho nitro benzene ring substituents is 1. The average molecular weight is 390 g/mol. The lowest BCUT2D eigenvalue weighted by atomic mass is 9.85. The zero-order valence-corrected chi connectivity index (χ0v) is 14.9. The molecule has 3 rings (SSSR count). The molecule has 0 radical (unpaired) electrons. The highest BCUT2D eigenvalue weighted by Gasteiger charge is 2.37. The van der Waals surface area contributed by atoms with Crippen LogP contribution in [0.3, 0.4) is 0 Å². The van der Waals surface area contributed by atoms with Crippen molar-refractivity contribution in [3.63, 3.8) is 0 Å². The predicted molar refractivity (Wildman–Crippen MR) is 94.3 cm³/mol. The Kier molecular flexibility index (Phi) is 4.25. The van der Waals surface area contributed by atoms with E-state index in [-0.39, 0.29) is 39.2 Å². The summed E-state index contributed by atoms with van der Waals surface area (Å²) in [5, 5.41) is 20.5. The Bertz CT molecular complexity index is 1190. The lowest BCUT2D eigenvalue weighted by molar-refractivity contribution is -0.384. The van der Waals surface area contributed by atoms with Crippen molar-refractivity contribution >= 4 is 17.3 Å². The molecule has 0 amide bonds. The maximum Gasteiger partial charge on any atom is 0.333 e. The van der Waals surface area contributed by atoms with Crippen LogP contribution in [0.2, 0.25) is 5.02 Å². The van der Waals surface area contributed by atoms with E-state index in [2.05, 4.69) is 0 Å². The molecule has 0 saturated heterocycles. The number of rotatable bonds is 2. The van der Waals surface area contributed by atoms with E-state index in [1.165, 1.54) is 26.2 Å². The summed E-state index contributed by atoms with van der Waals surface area (Å²) in [6.07, 6.45) is 0. The summed E-state index contributed by atoms with van der Waals surface area (Å²) >= 11 is 6.21. The number of halogens is 1. The van der Waals surface area contributed by atoms with E-state index in [0.717, 1.165) is 15.2 Å². The molecule has 27 heavy (non-hydrogen) atoms. The quantitative estimate of drug-likeness (QED) is 0.591. The molecule has 0 bridgehead atoms. The number of nitriles is 1. The molecule has 1 aliphatic heterocycles. The van der Waals surface area contributed by atoms with E-state index < -0.39 is 22.1 Å². The second kappa shape index (κ2) is 6.30. The van der Waals surface area contributed by atoms with Crippen LogP contribution in [-0.2, 0) is 14.1 Å². The maximum atomic E-state index is 12.8. The molecule has 0 aliphatic carbocycles. The van der Waals surface area contributed by atoms with E-state index in [4.69, 9.17) is 22.1 Å². The van der Waals surface area contributed by atoms with Crippen molar-refractivity contribution in [2.75, 3.05) is 0 Å². The summed E-state index contributed by atoms with van der Waals surface area (Å²) in [5.41, 5.74) is 4.40. The average Bonchev–Trinajstić information content (AvgIpc) is 2.63. The number of ether oxygens (including phenoxy) is 1. The molecule has 1 aromatic carbocycles. The van der Waals surface area contributed by atoms with Gasteiger partial charge in [-0.3, -0.25) is 24.0 Å². The summed E-state index contributed by atoms with van der Waals surface area (Å²) in [5.74, 6) is -1.44. The number of nitro benzene ring substituents is 1. The van der Waals surface area contributed by atoms with Crippen LogP contribution in [0.15, 0.2) is 39.2 Å². The van der Waals surface area contributed by atoms with Crippen molar-refractivity contribution in [3.05, 3.63) is 76.8 Å². The van der Waals surface area contributed by atoms with Gasteiger partial charge in [-0.15, -0.1) is 0 Å².